The molecule has 1 aliphatic heterocycles. The van der Waals surface area contributed by atoms with Gasteiger partial charge < -0.3 is 9.47 Å². The van der Waals surface area contributed by atoms with Crippen molar-refractivity contribution >= 4 is 23.8 Å². The van der Waals surface area contributed by atoms with Gasteiger partial charge in [0.1, 0.15) is 6.61 Å². The number of ether oxygens (including phenoxy) is 2. The minimum atomic E-state index is -0.740. The first-order chi connectivity index (χ1) is 11.4. The molecular formula is C17H19NO6. The monoisotopic (exact) mass is 333 g/mol. The van der Waals surface area contributed by atoms with Gasteiger partial charge in [0.05, 0.1) is 18.9 Å². The van der Waals surface area contributed by atoms with Crippen LogP contribution in [0.2, 0.25) is 0 Å². The van der Waals surface area contributed by atoms with Gasteiger partial charge in [-0.2, -0.15) is 0 Å². The van der Waals surface area contributed by atoms with Crippen LogP contribution in [0.4, 0.5) is 4.79 Å². The van der Waals surface area contributed by atoms with Crippen molar-refractivity contribution in [2.45, 2.75) is 26.9 Å². The van der Waals surface area contributed by atoms with Gasteiger partial charge in [-0.15, -0.1) is 0 Å². The number of likely N-dealkylation sites (tertiary alicyclic amines) is 1. The molecule has 0 spiro atoms. The molecule has 1 fully saturated rings. The number of carbonyl (C=O) groups is 4. The molecule has 0 saturated carbocycles. The van der Waals surface area contributed by atoms with Crippen molar-refractivity contribution in [3.05, 3.63) is 35.4 Å². The van der Waals surface area contributed by atoms with Crippen molar-refractivity contribution in [2.75, 3.05) is 13.2 Å². The van der Waals surface area contributed by atoms with Crippen LogP contribution in [0, 0.1) is 5.92 Å². The summed E-state index contributed by atoms with van der Waals surface area (Å²) in [6.45, 7) is 3.57. The van der Waals surface area contributed by atoms with E-state index >= 15 is 0 Å². The number of nitrogens with zero attached hydrogens (tertiary/aromatic N) is 1. The maximum Gasteiger partial charge on any atom is 0.416 e. The Kier molecular flexibility index (Phi) is 5.68. The van der Waals surface area contributed by atoms with Crippen LogP contribution < -0.4 is 0 Å². The van der Waals surface area contributed by atoms with Gasteiger partial charge in [0.25, 0.3) is 0 Å². The number of amides is 2. The van der Waals surface area contributed by atoms with Gasteiger partial charge in [0.2, 0.25) is 5.91 Å². The third-order valence-corrected chi connectivity index (χ3v) is 3.68. The Hall–Kier alpha value is -2.70. The van der Waals surface area contributed by atoms with Crippen LogP contribution in [-0.2, 0) is 25.7 Å². The lowest BCUT2D eigenvalue weighted by Gasteiger charge is -2.35. The number of hydrogen-bond donors (Lipinski definition) is 0. The van der Waals surface area contributed by atoms with Crippen LogP contribution >= 0.6 is 0 Å². The molecule has 7 heteroatoms. The van der Waals surface area contributed by atoms with Gasteiger partial charge in [0.15, 0.2) is 5.78 Å². The van der Waals surface area contributed by atoms with Crippen molar-refractivity contribution < 1.29 is 28.7 Å². The summed E-state index contributed by atoms with van der Waals surface area (Å²) in [6.07, 6.45) is -0.765. The largest absolute Gasteiger partial charge is 0.466 e. The van der Waals surface area contributed by atoms with Crippen LogP contribution in [0.3, 0.4) is 0 Å². The van der Waals surface area contributed by atoms with E-state index in [1.807, 2.05) is 0 Å². The lowest BCUT2D eigenvalue weighted by atomic mass is 9.96. The second-order valence-corrected chi connectivity index (χ2v) is 5.46. The standard InChI is InChI=1S/C17H19NO6/c1-3-23-15(20)8-14-9-18(16(14)21)17(22)24-10-12-4-6-13(7-5-12)11(2)19/h4-7,14H,3,8-10H2,1-2H3. The molecule has 0 aliphatic carbocycles. The maximum atomic E-state index is 11.9. The number of esters is 1. The highest BCUT2D eigenvalue weighted by molar-refractivity contribution is 5.99. The van der Waals surface area contributed by atoms with E-state index in [0.717, 1.165) is 4.90 Å². The average Bonchev–Trinajstić information content (AvgIpc) is 2.56. The molecule has 7 nitrogen and oxygen atoms in total. The summed E-state index contributed by atoms with van der Waals surface area (Å²) in [5.41, 5.74) is 1.29. The normalized spacial score (nSPS) is 16.3. The number of Topliss-reactive ketones (excluding diaryl/α,β-unsaturated/α-hetero) is 1. The van der Waals surface area contributed by atoms with Crippen LogP contribution in [-0.4, -0.2) is 41.8 Å². The lowest BCUT2D eigenvalue weighted by molar-refractivity contribution is -0.154. The Morgan fingerprint density at radius 2 is 1.83 bits per heavy atom. The van der Waals surface area contributed by atoms with Crippen LogP contribution in [0.25, 0.3) is 0 Å². The lowest BCUT2D eigenvalue weighted by Crippen LogP contribution is -2.55. The SMILES string of the molecule is CCOC(=O)CC1CN(C(=O)OCc2ccc(C(C)=O)cc2)C1=O. The topological polar surface area (TPSA) is 90.0 Å². The predicted octanol–water partition coefficient (Wildman–Crippen LogP) is 1.94. The highest BCUT2D eigenvalue weighted by atomic mass is 16.6. The van der Waals surface area contributed by atoms with Crippen molar-refractivity contribution in [3.63, 3.8) is 0 Å². The van der Waals surface area contributed by atoms with Gasteiger partial charge >= 0.3 is 12.1 Å². The fourth-order valence-corrected chi connectivity index (χ4v) is 2.29. The molecule has 1 aromatic rings. The zero-order valence-electron chi connectivity index (χ0n) is 13.6. The second kappa shape index (κ2) is 7.72. The predicted molar refractivity (Wildman–Crippen MR) is 83.1 cm³/mol. The number of benzene rings is 1. The molecule has 1 saturated heterocycles. The second-order valence-electron chi connectivity index (χ2n) is 5.46. The van der Waals surface area contributed by atoms with E-state index in [1.54, 1.807) is 31.2 Å². The van der Waals surface area contributed by atoms with Crippen molar-refractivity contribution in [3.8, 4) is 0 Å². The molecule has 0 aromatic heterocycles. The van der Waals surface area contributed by atoms with Gasteiger partial charge in [-0.05, 0) is 19.4 Å². The van der Waals surface area contributed by atoms with Gasteiger partial charge in [-0.1, -0.05) is 24.3 Å². The van der Waals surface area contributed by atoms with Crippen LogP contribution in [0.5, 0.6) is 0 Å². The average molecular weight is 333 g/mol. The number of carbonyl (C=O) groups excluding carboxylic acids is 4. The van der Waals surface area contributed by atoms with Crippen molar-refractivity contribution in [1.82, 2.24) is 4.90 Å². The van der Waals surface area contributed by atoms with Gasteiger partial charge in [0, 0.05) is 12.1 Å². The zero-order valence-corrected chi connectivity index (χ0v) is 13.6. The van der Waals surface area contributed by atoms with Gasteiger partial charge in [-0.25, -0.2) is 9.69 Å². The van der Waals surface area contributed by atoms with Crippen LogP contribution in [0.1, 0.15) is 36.2 Å². The smallest absolute Gasteiger partial charge is 0.416 e. The summed E-state index contributed by atoms with van der Waals surface area (Å²) in [5.74, 6) is -1.45. The minimum absolute atomic E-state index is 0.00331. The van der Waals surface area contributed by atoms with E-state index in [2.05, 4.69) is 0 Å². The molecule has 0 radical (unpaired) electrons. The first kappa shape index (κ1) is 17.7. The zero-order chi connectivity index (χ0) is 17.7. The molecule has 1 atom stereocenters. The number of rotatable bonds is 6. The first-order valence-electron chi connectivity index (χ1n) is 7.66. The molecule has 2 rings (SSSR count). The molecule has 1 aliphatic rings. The highest BCUT2D eigenvalue weighted by Gasteiger charge is 2.43. The summed E-state index contributed by atoms with van der Waals surface area (Å²) < 4.78 is 9.84. The first-order valence-corrected chi connectivity index (χ1v) is 7.66. The molecule has 128 valence electrons. The molecule has 24 heavy (non-hydrogen) atoms. The third-order valence-electron chi connectivity index (χ3n) is 3.68. The Balaban J connectivity index is 1.78. The quantitative estimate of drug-likeness (QED) is 0.449. The Morgan fingerprint density at radius 1 is 1.17 bits per heavy atom. The Morgan fingerprint density at radius 3 is 2.38 bits per heavy atom. The molecule has 1 heterocycles. The molecule has 1 aromatic carbocycles. The van der Waals surface area contributed by atoms with Crippen molar-refractivity contribution in [1.29, 1.82) is 0 Å². The van der Waals surface area contributed by atoms with E-state index in [-0.39, 0.29) is 32.0 Å². The summed E-state index contributed by atoms with van der Waals surface area (Å²) in [6, 6.07) is 6.67. The summed E-state index contributed by atoms with van der Waals surface area (Å²) >= 11 is 0. The number of imide groups is 1. The maximum absolute atomic E-state index is 11.9. The molecule has 0 bridgehead atoms. The molecule has 2 amide bonds. The molecule has 0 N–H and O–H groups in total. The number of hydrogen-bond acceptors (Lipinski definition) is 6. The summed E-state index contributed by atoms with van der Waals surface area (Å²) in [5, 5.41) is 0. The summed E-state index contributed by atoms with van der Waals surface area (Å²) in [4.78, 5) is 47.2. The Labute approximate surface area is 139 Å². The van der Waals surface area contributed by atoms with Gasteiger partial charge in [-0.3, -0.25) is 14.4 Å². The minimum Gasteiger partial charge on any atom is -0.466 e. The number of ketones is 1. The highest BCUT2D eigenvalue weighted by Crippen LogP contribution is 2.23. The third kappa shape index (κ3) is 4.18. The fourth-order valence-electron chi connectivity index (χ4n) is 2.29. The fraction of sp³-hybridized carbons (Fsp3) is 0.412. The van der Waals surface area contributed by atoms with E-state index in [4.69, 9.17) is 9.47 Å². The Bertz CT molecular complexity index is 652. The summed E-state index contributed by atoms with van der Waals surface area (Å²) in [7, 11) is 0. The molecule has 1 unspecified atom stereocenters. The van der Waals surface area contributed by atoms with E-state index in [1.165, 1.54) is 6.92 Å². The van der Waals surface area contributed by atoms with E-state index in [0.29, 0.717) is 11.1 Å². The molecular weight excluding hydrogens is 314 g/mol. The van der Waals surface area contributed by atoms with E-state index < -0.39 is 23.9 Å². The van der Waals surface area contributed by atoms with Crippen molar-refractivity contribution in [2.24, 2.45) is 5.92 Å². The van der Waals surface area contributed by atoms with E-state index in [9.17, 15) is 19.2 Å². The number of β-lactam (4-membered cyclic amide) rings is 1. The van der Waals surface area contributed by atoms with Crippen LogP contribution in [0.15, 0.2) is 24.3 Å².